The molecule has 7 nitrogen and oxygen atoms in total. The molecule has 2 fully saturated rings. The van der Waals surface area contributed by atoms with Crippen molar-refractivity contribution >= 4 is 29.2 Å². The van der Waals surface area contributed by atoms with E-state index in [1.807, 2.05) is 31.2 Å². The quantitative estimate of drug-likeness (QED) is 0.354. The zero-order chi connectivity index (χ0) is 28.2. The number of fused-ring (bicyclic) bond motifs is 1. The second-order valence-electron chi connectivity index (χ2n) is 10.6. The molecule has 1 aliphatic heterocycles. The zero-order valence-electron chi connectivity index (χ0n) is 22.3. The van der Waals surface area contributed by atoms with Crippen molar-refractivity contribution in [1.29, 1.82) is 0 Å². The number of hydrogen-bond donors (Lipinski definition) is 3. The normalized spacial score (nSPS) is 20.0. The van der Waals surface area contributed by atoms with Gasteiger partial charge in [0.25, 0.3) is 5.91 Å². The number of urea groups is 1. The van der Waals surface area contributed by atoms with Crippen molar-refractivity contribution in [2.45, 2.75) is 57.7 Å². The molecule has 40 heavy (non-hydrogen) atoms. The van der Waals surface area contributed by atoms with Gasteiger partial charge < -0.3 is 20.9 Å². The topological polar surface area (TPSA) is 90.5 Å². The Kier molecular flexibility index (Phi) is 8.09. The largest absolute Gasteiger partial charge is 0.350 e. The average Bonchev–Trinajstić information content (AvgIpc) is 3.31. The van der Waals surface area contributed by atoms with Gasteiger partial charge in [-0.2, -0.15) is 0 Å². The van der Waals surface area contributed by atoms with Crippen LogP contribution in [0.2, 0.25) is 0 Å². The number of carbonyl (C=O) groups is 3. The summed E-state index contributed by atoms with van der Waals surface area (Å²) in [4.78, 5) is 40.8. The van der Waals surface area contributed by atoms with Crippen LogP contribution in [0.3, 0.4) is 0 Å². The predicted molar refractivity (Wildman–Crippen MR) is 149 cm³/mol. The Morgan fingerprint density at radius 1 is 0.900 bits per heavy atom. The van der Waals surface area contributed by atoms with Gasteiger partial charge in [-0.3, -0.25) is 9.59 Å². The first kappa shape index (κ1) is 27.3. The third-order valence-corrected chi connectivity index (χ3v) is 7.71. The van der Waals surface area contributed by atoms with Gasteiger partial charge in [0.1, 0.15) is 17.7 Å². The number of halogens is 2. The van der Waals surface area contributed by atoms with E-state index in [2.05, 4.69) is 16.0 Å². The van der Waals surface area contributed by atoms with E-state index in [0.717, 1.165) is 48.9 Å². The number of hydrogen-bond acceptors (Lipinski definition) is 3. The number of anilines is 2. The van der Waals surface area contributed by atoms with Gasteiger partial charge in [-0.25, -0.2) is 13.6 Å². The summed E-state index contributed by atoms with van der Waals surface area (Å²) in [5, 5.41) is 8.51. The highest BCUT2D eigenvalue weighted by Gasteiger charge is 2.47. The lowest BCUT2D eigenvalue weighted by molar-refractivity contribution is -0.125. The van der Waals surface area contributed by atoms with Gasteiger partial charge in [-0.15, -0.1) is 0 Å². The minimum atomic E-state index is -0.931. The molecule has 0 aromatic heterocycles. The number of aryl methyl sites for hydroxylation is 1. The van der Waals surface area contributed by atoms with Crippen molar-refractivity contribution in [3.8, 4) is 0 Å². The van der Waals surface area contributed by atoms with E-state index in [0.29, 0.717) is 23.9 Å². The molecule has 0 radical (unpaired) electrons. The molecule has 208 valence electrons. The van der Waals surface area contributed by atoms with Crippen LogP contribution in [0.1, 0.15) is 53.6 Å². The fraction of sp³-hybridized carbons (Fsp3) is 0.323. The summed E-state index contributed by atoms with van der Waals surface area (Å²) in [5.41, 5.74) is 2.80. The van der Waals surface area contributed by atoms with Crippen LogP contribution in [0.15, 0.2) is 66.7 Å². The SMILES string of the molecule is Cc1cccc(NC(=O)Nc2cccc(CNC(=O)[C@@H]3C[C@@H]4CCCC[C@@H]4N3C(=O)c3ccc(F)cc3F)c2)c1. The van der Waals surface area contributed by atoms with Crippen LogP contribution in [0.4, 0.5) is 25.0 Å². The van der Waals surface area contributed by atoms with E-state index in [1.54, 1.807) is 24.3 Å². The van der Waals surface area contributed by atoms with Gasteiger partial charge in [-0.05, 0) is 79.6 Å². The average molecular weight is 547 g/mol. The molecule has 5 rings (SSSR count). The van der Waals surface area contributed by atoms with Crippen LogP contribution in [-0.4, -0.2) is 34.8 Å². The van der Waals surface area contributed by atoms with Crippen LogP contribution >= 0.6 is 0 Å². The fourth-order valence-corrected chi connectivity index (χ4v) is 5.87. The number of nitrogens with zero attached hydrogens (tertiary/aromatic N) is 1. The molecule has 3 aromatic rings. The van der Waals surface area contributed by atoms with Crippen molar-refractivity contribution in [3.05, 3.63) is 95.1 Å². The Hall–Kier alpha value is -4.27. The maximum atomic E-state index is 14.5. The van der Waals surface area contributed by atoms with Crippen LogP contribution in [0.25, 0.3) is 0 Å². The molecular formula is C31H32F2N4O3. The molecule has 1 heterocycles. The molecule has 9 heteroatoms. The molecule has 3 N–H and O–H groups in total. The lowest BCUT2D eigenvalue weighted by Gasteiger charge is -2.33. The summed E-state index contributed by atoms with van der Waals surface area (Å²) in [6.07, 6.45) is 4.12. The minimum Gasteiger partial charge on any atom is -0.350 e. The van der Waals surface area contributed by atoms with E-state index in [9.17, 15) is 23.2 Å². The Labute approximate surface area is 232 Å². The monoisotopic (exact) mass is 546 g/mol. The third-order valence-electron chi connectivity index (χ3n) is 7.71. The van der Waals surface area contributed by atoms with Gasteiger partial charge in [0.15, 0.2) is 0 Å². The predicted octanol–water partition coefficient (Wildman–Crippen LogP) is 6.01. The molecule has 1 saturated heterocycles. The summed E-state index contributed by atoms with van der Waals surface area (Å²) in [5.74, 6) is -2.43. The van der Waals surface area contributed by atoms with Gasteiger partial charge in [0.05, 0.1) is 5.56 Å². The Morgan fingerprint density at radius 3 is 2.38 bits per heavy atom. The number of likely N-dealkylation sites (tertiary alicyclic amines) is 1. The first-order valence-electron chi connectivity index (χ1n) is 13.6. The Balaban J connectivity index is 1.25. The summed E-state index contributed by atoms with van der Waals surface area (Å²) in [6.45, 7) is 2.13. The van der Waals surface area contributed by atoms with Crippen molar-refractivity contribution in [3.63, 3.8) is 0 Å². The first-order valence-corrected chi connectivity index (χ1v) is 13.6. The first-order chi connectivity index (χ1) is 19.3. The number of amides is 4. The lowest BCUT2D eigenvalue weighted by atomic mass is 9.84. The van der Waals surface area contributed by atoms with Crippen molar-refractivity contribution < 1.29 is 23.2 Å². The van der Waals surface area contributed by atoms with Gasteiger partial charge in [-0.1, -0.05) is 37.1 Å². The number of benzene rings is 3. The van der Waals surface area contributed by atoms with E-state index in [-0.39, 0.29) is 36.0 Å². The Bertz CT molecular complexity index is 1430. The smallest absolute Gasteiger partial charge is 0.323 e. The highest BCUT2D eigenvalue weighted by Crippen LogP contribution is 2.40. The van der Waals surface area contributed by atoms with E-state index in [1.165, 1.54) is 4.90 Å². The fourth-order valence-electron chi connectivity index (χ4n) is 5.87. The molecule has 3 aromatic carbocycles. The van der Waals surface area contributed by atoms with Crippen molar-refractivity contribution in [1.82, 2.24) is 10.2 Å². The molecule has 3 atom stereocenters. The van der Waals surface area contributed by atoms with E-state index in [4.69, 9.17) is 0 Å². The second kappa shape index (κ2) is 11.9. The lowest BCUT2D eigenvalue weighted by Crippen LogP contribution is -2.49. The zero-order valence-corrected chi connectivity index (χ0v) is 22.3. The van der Waals surface area contributed by atoms with Crippen LogP contribution < -0.4 is 16.0 Å². The number of carbonyl (C=O) groups excluding carboxylic acids is 3. The van der Waals surface area contributed by atoms with Crippen LogP contribution in [0, 0.1) is 24.5 Å². The summed E-state index contributed by atoms with van der Waals surface area (Å²) < 4.78 is 28.0. The molecule has 1 saturated carbocycles. The van der Waals surface area contributed by atoms with Crippen molar-refractivity contribution in [2.75, 3.05) is 10.6 Å². The van der Waals surface area contributed by atoms with E-state index < -0.39 is 23.6 Å². The number of nitrogens with one attached hydrogen (secondary N) is 3. The van der Waals surface area contributed by atoms with Gasteiger partial charge in [0, 0.05) is 30.0 Å². The molecule has 1 aliphatic carbocycles. The maximum absolute atomic E-state index is 14.5. The third kappa shape index (κ3) is 6.14. The molecule has 0 bridgehead atoms. The van der Waals surface area contributed by atoms with Crippen LogP contribution in [0.5, 0.6) is 0 Å². The molecule has 4 amide bonds. The van der Waals surface area contributed by atoms with Crippen molar-refractivity contribution in [2.24, 2.45) is 5.92 Å². The maximum Gasteiger partial charge on any atom is 0.323 e. The summed E-state index contributed by atoms with van der Waals surface area (Å²) in [7, 11) is 0. The number of rotatable bonds is 6. The van der Waals surface area contributed by atoms with Gasteiger partial charge in [0.2, 0.25) is 5.91 Å². The minimum absolute atomic E-state index is 0.152. The van der Waals surface area contributed by atoms with Gasteiger partial charge >= 0.3 is 6.03 Å². The molecular weight excluding hydrogens is 514 g/mol. The summed E-state index contributed by atoms with van der Waals surface area (Å²) in [6, 6.07) is 16.2. The second-order valence-corrected chi connectivity index (χ2v) is 10.6. The van der Waals surface area contributed by atoms with E-state index >= 15 is 0 Å². The molecule has 2 aliphatic rings. The Morgan fingerprint density at radius 2 is 1.62 bits per heavy atom. The highest BCUT2D eigenvalue weighted by molar-refractivity contribution is 6.00. The highest BCUT2D eigenvalue weighted by atomic mass is 19.1. The molecule has 0 unspecified atom stereocenters. The summed E-state index contributed by atoms with van der Waals surface area (Å²) >= 11 is 0. The molecule has 0 spiro atoms. The standard InChI is InChI=1S/C31H32F2N4O3/c1-19-6-4-9-23(14-19)35-31(40)36-24-10-5-7-20(15-24)18-34-29(38)28-16-21-8-2-3-11-27(21)37(28)30(39)25-13-12-22(32)17-26(25)33/h4-7,9-10,12-15,17,21,27-28H,2-3,8,11,16,18H2,1H3,(H,34,38)(H2,35,36,40)/t21-,27-,28-/m0/s1. The van der Waals surface area contributed by atoms with Crippen LogP contribution in [-0.2, 0) is 11.3 Å².